The first kappa shape index (κ1) is 14.5. The monoisotopic (exact) mass is 301 g/mol. The number of thiophene rings is 1. The Morgan fingerprint density at radius 3 is 2.90 bits per heavy atom. The van der Waals surface area contributed by atoms with Crippen molar-refractivity contribution in [1.82, 2.24) is 10.3 Å². The third-order valence-electron chi connectivity index (χ3n) is 3.71. The Balaban J connectivity index is 1.74. The van der Waals surface area contributed by atoms with Crippen LogP contribution in [0.5, 0.6) is 0 Å². The molecule has 1 saturated carbocycles. The van der Waals surface area contributed by atoms with Crippen LogP contribution in [0, 0.1) is 0 Å². The number of nitrogens with one attached hydrogen (secondary N) is 1. The third-order valence-corrected chi connectivity index (χ3v) is 4.57. The maximum atomic E-state index is 4.61. The van der Waals surface area contributed by atoms with Gasteiger partial charge in [0.05, 0.1) is 6.54 Å². The van der Waals surface area contributed by atoms with Crippen LogP contribution in [0.3, 0.4) is 0 Å². The molecular weight excluding hydrogens is 278 g/mol. The maximum absolute atomic E-state index is 4.61. The molecule has 21 heavy (non-hydrogen) atoms. The first-order valence-electron chi connectivity index (χ1n) is 7.69. The van der Waals surface area contributed by atoms with Crippen molar-refractivity contribution < 1.29 is 0 Å². The van der Waals surface area contributed by atoms with Gasteiger partial charge in [-0.25, -0.2) is 4.98 Å². The van der Waals surface area contributed by atoms with E-state index in [0.29, 0.717) is 12.1 Å². The molecule has 0 aromatic carbocycles. The number of aromatic nitrogens is 1. The van der Waals surface area contributed by atoms with E-state index >= 15 is 0 Å². The molecular formula is C17H23N3S. The smallest absolute Gasteiger partial charge is 0.129 e. The summed E-state index contributed by atoms with van der Waals surface area (Å²) < 4.78 is 0. The summed E-state index contributed by atoms with van der Waals surface area (Å²) in [5, 5.41) is 5.62. The molecule has 4 heteroatoms. The van der Waals surface area contributed by atoms with Crippen molar-refractivity contribution in [2.45, 2.75) is 51.9 Å². The molecule has 1 fully saturated rings. The van der Waals surface area contributed by atoms with E-state index in [-0.39, 0.29) is 0 Å². The van der Waals surface area contributed by atoms with Crippen LogP contribution in [0.25, 0.3) is 0 Å². The Morgan fingerprint density at radius 1 is 1.38 bits per heavy atom. The number of pyridine rings is 1. The van der Waals surface area contributed by atoms with E-state index in [1.807, 2.05) is 17.5 Å². The van der Waals surface area contributed by atoms with Gasteiger partial charge >= 0.3 is 0 Å². The summed E-state index contributed by atoms with van der Waals surface area (Å²) in [6.07, 6.45) is 4.53. The molecule has 112 valence electrons. The van der Waals surface area contributed by atoms with Gasteiger partial charge in [0.25, 0.3) is 0 Å². The van der Waals surface area contributed by atoms with Crippen LogP contribution in [0.15, 0.2) is 35.8 Å². The van der Waals surface area contributed by atoms with Gasteiger partial charge in [0.1, 0.15) is 5.82 Å². The fourth-order valence-electron chi connectivity index (χ4n) is 2.40. The van der Waals surface area contributed by atoms with Gasteiger partial charge in [-0.2, -0.15) is 0 Å². The van der Waals surface area contributed by atoms with Gasteiger partial charge in [-0.05, 0) is 42.0 Å². The predicted octanol–water partition coefficient (Wildman–Crippen LogP) is 3.81. The average molecular weight is 301 g/mol. The summed E-state index contributed by atoms with van der Waals surface area (Å²) in [6, 6.07) is 9.86. The number of anilines is 1. The molecule has 0 amide bonds. The molecule has 0 radical (unpaired) electrons. The fourth-order valence-corrected chi connectivity index (χ4v) is 3.11. The van der Waals surface area contributed by atoms with Crippen molar-refractivity contribution in [3.63, 3.8) is 0 Å². The van der Waals surface area contributed by atoms with Gasteiger partial charge in [0, 0.05) is 29.7 Å². The summed E-state index contributed by atoms with van der Waals surface area (Å²) in [6.45, 7) is 6.24. The molecule has 0 bridgehead atoms. The molecule has 0 aliphatic heterocycles. The zero-order valence-corrected chi connectivity index (χ0v) is 13.6. The molecule has 3 nitrogen and oxygen atoms in total. The zero-order valence-electron chi connectivity index (χ0n) is 12.7. The molecule has 1 N–H and O–H groups in total. The topological polar surface area (TPSA) is 28.2 Å². The molecule has 1 aliphatic rings. The number of rotatable bonds is 7. The van der Waals surface area contributed by atoms with E-state index in [1.165, 1.54) is 23.3 Å². The van der Waals surface area contributed by atoms with Gasteiger partial charge in [-0.3, -0.25) is 0 Å². The van der Waals surface area contributed by atoms with Gasteiger partial charge in [0.2, 0.25) is 0 Å². The third kappa shape index (κ3) is 4.05. The number of nitrogens with zero attached hydrogens (tertiary/aromatic N) is 2. The molecule has 2 aromatic rings. The minimum Gasteiger partial charge on any atom is -0.348 e. The van der Waals surface area contributed by atoms with Crippen molar-refractivity contribution in [3.05, 3.63) is 46.3 Å². The second-order valence-corrected chi connectivity index (χ2v) is 7.03. The lowest BCUT2D eigenvalue weighted by Gasteiger charge is -2.23. The van der Waals surface area contributed by atoms with E-state index < -0.39 is 0 Å². The Hall–Kier alpha value is -1.39. The fraction of sp³-hybridized carbons (Fsp3) is 0.471. The minimum atomic E-state index is 0.507. The molecule has 3 rings (SSSR count). The lowest BCUT2D eigenvalue weighted by atomic mass is 10.2. The molecule has 0 spiro atoms. The zero-order chi connectivity index (χ0) is 14.7. The molecule has 0 atom stereocenters. The summed E-state index contributed by atoms with van der Waals surface area (Å²) in [4.78, 5) is 8.49. The van der Waals surface area contributed by atoms with Crippen LogP contribution in [-0.2, 0) is 13.1 Å². The van der Waals surface area contributed by atoms with E-state index in [1.54, 1.807) is 0 Å². The first-order valence-corrected chi connectivity index (χ1v) is 8.57. The van der Waals surface area contributed by atoms with Crippen LogP contribution in [0.4, 0.5) is 5.82 Å². The van der Waals surface area contributed by atoms with Crippen LogP contribution >= 0.6 is 11.3 Å². The van der Waals surface area contributed by atoms with Crippen molar-refractivity contribution in [2.75, 3.05) is 4.90 Å². The Kier molecular flexibility index (Phi) is 4.56. The van der Waals surface area contributed by atoms with Crippen molar-refractivity contribution >= 4 is 17.2 Å². The van der Waals surface area contributed by atoms with Crippen LogP contribution in [0.1, 0.15) is 37.1 Å². The molecule has 1 aliphatic carbocycles. The van der Waals surface area contributed by atoms with Gasteiger partial charge in [-0.1, -0.05) is 19.9 Å². The Bertz CT molecular complexity index is 561. The van der Waals surface area contributed by atoms with Gasteiger partial charge in [-0.15, -0.1) is 11.3 Å². The number of hydrogen-bond acceptors (Lipinski definition) is 4. The lowest BCUT2D eigenvalue weighted by molar-refractivity contribution is 0.588. The molecule has 0 saturated heterocycles. The largest absolute Gasteiger partial charge is 0.348 e. The molecule has 2 heterocycles. The Labute approximate surface area is 131 Å². The van der Waals surface area contributed by atoms with Crippen LogP contribution < -0.4 is 10.2 Å². The number of hydrogen-bond donors (Lipinski definition) is 1. The second-order valence-electron chi connectivity index (χ2n) is 6.00. The highest BCUT2D eigenvalue weighted by Gasteiger charge is 2.30. The normalized spacial score (nSPS) is 14.6. The summed E-state index contributed by atoms with van der Waals surface area (Å²) in [5.41, 5.74) is 1.31. The highest BCUT2D eigenvalue weighted by molar-refractivity contribution is 7.09. The van der Waals surface area contributed by atoms with E-state index in [2.05, 4.69) is 58.7 Å². The summed E-state index contributed by atoms with van der Waals surface area (Å²) in [5.74, 6) is 1.12. The first-order chi connectivity index (χ1) is 10.2. The van der Waals surface area contributed by atoms with Crippen molar-refractivity contribution in [1.29, 1.82) is 0 Å². The van der Waals surface area contributed by atoms with E-state index in [0.717, 1.165) is 18.9 Å². The highest BCUT2D eigenvalue weighted by atomic mass is 32.1. The van der Waals surface area contributed by atoms with Crippen LogP contribution in [0.2, 0.25) is 0 Å². The predicted molar refractivity (Wildman–Crippen MR) is 89.7 cm³/mol. The Morgan fingerprint density at radius 2 is 2.24 bits per heavy atom. The summed E-state index contributed by atoms with van der Waals surface area (Å²) in [7, 11) is 0. The average Bonchev–Trinajstić information content (AvgIpc) is 3.19. The second kappa shape index (κ2) is 6.58. The minimum absolute atomic E-state index is 0.507. The standard InChI is InChI=1S/C17H23N3S/c1-13(2)19-11-14-7-8-18-17(10-14)20(15-5-6-15)12-16-4-3-9-21-16/h3-4,7-10,13,15,19H,5-6,11-12H2,1-2H3. The van der Waals surface area contributed by atoms with Crippen molar-refractivity contribution in [3.8, 4) is 0 Å². The SMILES string of the molecule is CC(C)NCc1ccnc(N(Cc2cccs2)C2CC2)c1. The van der Waals surface area contributed by atoms with E-state index in [4.69, 9.17) is 0 Å². The lowest BCUT2D eigenvalue weighted by Crippen LogP contribution is -2.26. The maximum Gasteiger partial charge on any atom is 0.129 e. The van der Waals surface area contributed by atoms with Gasteiger partial charge < -0.3 is 10.2 Å². The summed E-state index contributed by atoms with van der Waals surface area (Å²) >= 11 is 1.83. The molecule has 0 unspecified atom stereocenters. The van der Waals surface area contributed by atoms with Gasteiger partial charge in [0.15, 0.2) is 0 Å². The quantitative estimate of drug-likeness (QED) is 0.843. The highest BCUT2D eigenvalue weighted by Crippen LogP contribution is 2.33. The van der Waals surface area contributed by atoms with E-state index in [9.17, 15) is 0 Å². The molecule has 2 aromatic heterocycles. The van der Waals surface area contributed by atoms with Crippen LogP contribution in [-0.4, -0.2) is 17.1 Å². The van der Waals surface area contributed by atoms with Crippen molar-refractivity contribution in [2.24, 2.45) is 0 Å².